The minimum atomic E-state index is -0.240. The number of benzene rings is 2. The molecule has 5 heteroatoms. The quantitative estimate of drug-likeness (QED) is 0.378. The summed E-state index contributed by atoms with van der Waals surface area (Å²) in [5.74, 6) is 1.31. The number of fused-ring (bicyclic) bond motifs is 1. The molecule has 4 rings (SSSR count). The zero-order chi connectivity index (χ0) is 22.2. The lowest BCUT2D eigenvalue weighted by Gasteiger charge is -2.21. The van der Waals surface area contributed by atoms with Gasteiger partial charge in [-0.15, -0.1) is 0 Å². The summed E-state index contributed by atoms with van der Waals surface area (Å²) in [5, 5.41) is 8.11. The van der Waals surface area contributed by atoms with Crippen molar-refractivity contribution in [2.45, 2.75) is 51.5 Å². The van der Waals surface area contributed by atoms with Crippen LogP contribution in [0.3, 0.4) is 0 Å². The first-order chi connectivity index (χ1) is 15.7. The third kappa shape index (κ3) is 5.98. The molecule has 0 radical (unpaired) electrons. The number of halogens is 1. The zero-order valence-electron chi connectivity index (χ0n) is 19.0. The summed E-state index contributed by atoms with van der Waals surface area (Å²) < 4.78 is 18.8. The molecule has 32 heavy (non-hydrogen) atoms. The largest absolute Gasteiger partial charge is 0.496 e. The molecule has 0 atom stereocenters. The Morgan fingerprint density at radius 3 is 2.75 bits per heavy atom. The van der Waals surface area contributed by atoms with Crippen molar-refractivity contribution in [3.63, 3.8) is 0 Å². The van der Waals surface area contributed by atoms with E-state index in [0.29, 0.717) is 12.3 Å². The monoisotopic (exact) mass is 435 g/mol. The fraction of sp³-hybridized carbons (Fsp3) is 0.444. The first-order valence-corrected chi connectivity index (χ1v) is 11.9. The molecule has 0 saturated heterocycles. The van der Waals surface area contributed by atoms with Crippen LogP contribution in [0.5, 0.6) is 5.75 Å². The van der Waals surface area contributed by atoms with Crippen LogP contribution in [-0.2, 0) is 13.0 Å². The molecule has 3 aromatic rings. The lowest BCUT2D eigenvalue weighted by atomic mass is 9.85. The molecule has 0 amide bonds. The molecular formula is C27H34FN3O. The molecular weight excluding hydrogens is 401 g/mol. The van der Waals surface area contributed by atoms with E-state index in [1.807, 2.05) is 12.3 Å². The average molecular weight is 436 g/mol. The van der Waals surface area contributed by atoms with Crippen molar-refractivity contribution in [3.05, 3.63) is 65.6 Å². The van der Waals surface area contributed by atoms with Crippen LogP contribution in [0.1, 0.15) is 49.7 Å². The Morgan fingerprint density at radius 1 is 1.03 bits per heavy atom. The molecule has 0 spiro atoms. The predicted octanol–water partition coefficient (Wildman–Crippen LogP) is 6.10. The van der Waals surface area contributed by atoms with Crippen LogP contribution in [0.15, 0.2) is 48.7 Å². The minimum absolute atomic E-state index is 0.240. The fourth-order valence-corrected chi connectivity index (χ4v) is 4.74. The summed E-state index contributed by atoms with van der Waals surface area (Å²) in [6.45, 7) is 2.28. The molecule has 0 bridgehead atoms. The highest BCUT2D eigenvalue weighted by atomic mass is 19.1. The van der Waals surface area contributed by atoms with Gasteiger partial charge < -0.3 is 15.4 Å². The van der Waals surface area contributed by atoms with Crippen molar-refractivity contribution in [2.75, 3.05) is 25.5 Å². The topological polar surface area (TPSA) is 46.2 Å². The van der Waals surface area contributed by atoms with Gasteiger partial charge in [0.1, 0.15) is 11.6 Å². The Balaban J connectivity index is 1.26. The van der Waals surface area contributed by atoms with Crippen molar-refractivity contribution < 1.29 is 9.13 Å². The van der Waals surface area contributed by atoms with Crippen LogP contribution in [0.4, 0.5) is 10.1 Å². The molecule has 0 unspecified atom stereocenters. The van der Waals surface area contributed by atoms with E-state index in [-0.39, 0.29) is 5.82 Å². The lowest BCUT2D eigenvalue weighted by Crippen LogP contribution is -2.18. The third-order valence-corrected chi connectivity index (χ3v) is 6.46. The maximum atomic E-state index is 13.5. The van der Waals surface area contributed by atoms with Crippen molar-refractivity contribution in [1.29, 1.82) is 0 Å². The van der Waals surface area contributed by atoms with Crippen LogP contribution in [-0.4, -0.2) is 25.2 Å². The number of hydrogen-bond donors (Lipinski definition) is 2. The first-order valence-electron chi connectivity index (χ1n) is 11.9. The van der Waals surface area contributed by atoms with Gasteiger partial charge in [0, 0.05) is 35.9 Å². The summed E-state index contributed by atoms with van der Waals surface area (Å²) in [4.78, 5) is 4.62. The van der Waals surface area contributed by atoms with E-state index in [1.165, 1.54) is 61.6 Å². The first kappa shape index (κ1) is 22.5. The van der Waals surface area contributed by atoms with Crippen molar-refractivity contribution in [2.24, 2.45) is 5.92 Å². The fourth-order valence-electron chi connectivity index (χ4n) is 4.74. The van der Waals surface area contributed by atoms with Gasteiger partial charge in [-0.05, 0) is 61.2 Å². The Hall–Kier alpha value is -2.66. The molecule has 1 fully saturated rings. The highest BCUT2D eigenvalue weighted by molar-refractivity contribution is 5.91. The molecule has 0 aliphatic heterocycles. The van der Waals surface area contributed by atoms with Crippen LogP contribution in [0.2, 0.25) is 0 Å². The van der Waals surface area contributed by atoms with Gasteiger partial charge in [0.05, 0.1) is 12.6 Å². The van der Waals surface area contributed by atoms with E-state index in [4.69, 9.17) is 4.74 Å². The molecule has 1 aromatic heterocycles. The van der Waals surface area contributed by atoms with Gasteiger partial charge in [-0.3, -0.25) is 4.98 Å². The molecule has 1 aliphatic rings. The second-order valence-electron chi connectivity index (χ2n) is 8.83. The number of ether oxygens (including phenoxy) is 1. The molecule has 1 heterocycles. The average Bonchev–Trinajstić information content (AvgIpc) is 2.82. The SMILES string of the molecule is COc1ccc(F)cc1CNCCCNc1ccnc2cc(CC3CCCCC3)ccc12. The van der Waals surface area contributed by atoms with E-state index >= 15 is 0 Å². The number of nitrogens with zero attached hydrogens (tertiary/aromatic N) is 1. The third-order valence-electron chi connectivity index (χ3n) is 6.46. The van der Waals surface area contributed by atoms with E-state index in [0.717, 1.165) is 42.2 Å². The van der Waals surface area contributed by atoms with E-state index in [9.17, 15) is 4.39 Å². The number of pyridine rings is 1. The highest BCUT2D eigenvalue weighted by Gasteiger charge is 2.14. The molecule has 4 nitrogen and oxygen atoms in total. The van der Waals surface area contributed by atoms with Gasteiger partial charge >= 0.3 is 0 Å². The Kier molecular flexibility index (Phi) is 7.94. The summed E-state index contributed by atoms with van der Waals surface area (Å²) in [6.07, 6.45) is 10.9. The van der Waals surface area contributed by atoms with Crippen LogP contribution < -0.4 is 15.4 Å². The summed E-state index contributed by atoms with van der Waals surface area (Å²) >= 11 is 0. The van der Waals surface area contributed by atoms with Crippen LogP contribution in [0.25, 0.3) is 10.9 Å². The molecule has 2 N–H and O–H groups in total. The summed E-state index contributed by atoms with van der Waals surface area (Å²) in [6, 6.07) is 13.4. The standard InChI is InChI=1S/C27H34FN3O/c1-32-27-11-9-23(28)18-22(27)19-29-13-5-14-30-25-12-15-31-26-17-21(8-10-24(25)26)16-20-6-3-2-4-7-20/h8-12,15,17-18,20,29H,2-7,13-14,16,19H2,1H3,(H,30,31). The van der Waals surface area contributed by atoms with E-state index < -0.39 is 0 Å². The van der Waals surface area contributed by atoms with Crippen molar-refractivity contribution in [1.82, 2.24) is 10.3 Å². The molecule has 1 aliphatic carbocycles. The number of nitrogens with one attached hydrogen (secondary N) is 2. The zero-order valence-corrected chi connectivity index (χ0v) is 19.0. The predicted molar refractivity (Wildman–Crippen MR) is 130 cm³/mol. The van der Waals surface area contributed by atoms with Crippen LogP contribution >= 0.6 is 0 Å². The molecule has 2 aromatic carbocycles. The maximum Gasteiger partial charge on any atom is 0.123 e. The Labute approximate surface area is 190 Å². The Bertz CT molecular complexity index is 1020. The van der Waals surface area contributed by atoms with E-state index in [2.05, 4.69) is 33.8 Å². The van der Waals surface area contributed by atoms with Crippen molar-refractivity contribution in [3.8, 4) is 5.75 Å². The number of aromatic nitrogens is 1. The summed E-state index contributed by atoms with van der Waals surface area (Å²) in [7, 11) is 1.61. The number of anilines is 1. The van der Waals surface area contributed by atoms with Gasteiger partial charge in [-0.2, -0.15) is 0 Å². The highest BCUT2D eigenvalue weighted by Crippen LogP contribution is 2.29. The van der Waals surface area contributed by atoms with Gasteiger partial charge in [0.25, 0.3) is 0 Å². The maximum absolute atomic E-state index is 13.5. The number of rotatable bonds is 10. The second kappa shape index (κ2) is 11.3. The van der Waals surface area contributed by atoms with Gasteiger partial charge in [0.15, 0.2) is 0 Å². The van der Waals surface area contributed by atoms with Crippen LogP contribution in [0, 0.1) is 11.7 Å². The second-order valence-corrected chi connectivity index (χ2v) is 8.83. The molecule has 1 saturated carbocycles. The lowest BCUT2D eigenvalue weighted by molar-refractivity contribution is 0.357. The normalized spacial score (nSPS) is 14.6. The Morgan fingerprint density at radius 2 is 1.91 bits per heavy atom. The van der Waals surface area contributed by atoms with Crippen molar-refractivity contribution >= 4 is 16.6 Å². The molecule has 170 valence electrons. The number of hydrogen-bond acceptors (Lipinski definition) is 4. The van der Waals surface area contributed by atoms with E-state index in [1.54, 1.807) is 13.2 Å². The van der Waals surface area contributed by atoms with Gasteiger partial charge in [-0.1, -0.05) is 44.2 Å². The number of methoxy groups -OCH3 is 1. The van der Waals surface area contributed by atoms with Gasteiger partial charge in [-0.25, -0.2) is 4.39 Å². The summed E-state index contributed by atoms with van der Waals surface area (Å²) in [5.41, 5.74) is 4.45. The minimum Gasteiger partial charge on any atom is -0.496 e. The smallest absolute Gasteiger partial charge is 0.123 e. The van der Waals surface area contributed by atoms with Gasteiger partial charge in [0.2, 0.25) is 0 Å².